The first-order chi connectivity index (χ1) is 21.4. The Morgan fingerprint density at radius 3 is 2.60 bits per heavy atom. The standard InChI is InChI=1S/C33H35ClN4O6S/c1-4-44-27-18-21(9-12-26(27)34)29(37-22-10-11-23-20(17-22)13-15-36-31(23)35)32(39)38-16-14-25(33(40)41)30(38)24-7-5-6-8-28(24)45(42,43)19(2)3/h5-13,15,17-19,25,29-30,37H,4,14,16H2,1-3H3,(H2,35,36)(H,40,41). The average molecular weight is 651 g/mol. The molecule has 3 aromatic carbocycles. The van der Waals surface area contributed by atoms with E-state index in [2.05, 4.69) is 10.3 Å². The van der Waals surface area contributed by atoms with Crippen molar-refractivity contribution in [2.75, 3.05) is 24.2 Å². The molecule has 1 aromatic heterocycles. The van der Waals surface area contributed by atoms with Crippen LogP contribution in [-0.2, 0) is 19.4 Å². The summed E-state index contributed by atoms with van der Waals surface area (Å²) in [6.45, 7) is 5.43. The SMILES string of the molecule is CCOc1cc(C(Nc2ccc3c(N)nccc3c2)C(=O)N2CCC(C(=O)O)C2c2ccccc2S(=O)(=O)C(C)C)ccc1Cl. The number of carboxylic acid groups (broad SMARTS) is 1. The van der Waals surface area contributed by atoms with Gasteiger partial charge in [-0.2, -0.15) is 0 Å². The summed E-state index contributed by atoms with van der Waals surface area (Å²) in [5, 5.41) is 14.8. The van der Waals surface area contributed by atoms with Gasteiger partial charge in [-0.05, 0) is 86.2 Å². The number of hydrogen-bond acceptors (Lipinski definition) is 8. The minimum atomic E-state index is -3.80. The van der Waals surface area contributed by atoms with Crippen molar-refractivity contribution in [2.45, 2.75) is 49.4 Å². The predicted molar refractivity (Wildman–Crippen MR) is 174 cm³/mol. The van der Waals surface area contributed by atoms with Crippen molar-refractivity contribution in [1.82, 2.24) is 9.88 Å². The summed E-state index contributed by atoms with van der Waals surface area (Å²) in [4.78, 5) is 32.9. The van der Waals surface area contributed by atoms with E-state index in [0.717, 1.165) is 10.8 Å². The van der Waals surface area contributed by atoms with Crippen molar-refractivity contribution in [3.8, 4) is 5.75 Å². The number of rotatable bonds is 10. The van der Waals surface area contributed by atoms with Gasteiger partial charge in [0.2, 0.25) is 5.91 Å². The molecule has 0 bridgehead atoms. The van der Waals surface area contributed by atoms with Crippen molar-refractivity contribution < 1.29 is 27.9 Å². The van der Waals surface area contributed by atoms with Crippen molar-refractivity contribution in [2.24, 2.45) is 5.92 Å². The smallest absolute Gasteiger partial charge is 0.309 e. The minimum absolute atomic E-state index is 0.0197. The third-order valence-corrected chi connectivity index (χ3v) is 10.6. The normalized spacial score (nSPS) is 17.4. The quantitative estimate of drug-likeness (QED) is 0.191. The van der Waals surface area contributed by atoms with E-state index in [0.29, 0.717) is 34.4 Å². The lowest BCUT2D eigenvalue weighted by Gasteiger charge is -2.33. The van der Waals surface area contributed by atoms with Gasteiger partial charge in [0.15, 0.2) is 9.84 Å². The summed E-state index contributed by atoms with van der Waals surface area (Å²) >= 11 is 6.39. The molecule has 5 rings (SSSR count). The number of carboxylic acids is 1. The van der Waals surface area contributed by atoms with Gasteiger partial charge in [0.05, 0.1) is 33.7 Å². The molecule has 3 unspecified atom stereocenters. The maximum Gasteiger partial charge on any atom is 0.309 e. The molecule has 2 heterocycles. The summed E-state index contributed by atoms with van der Waals surface area (Å²) in [6, 6.07) is 16.6. The first-order valence-corrected chi connectivity index (χ1v) is 16.6. The lowest BCUT2D eigenvalue weighted by Crippen LogP contribution is -2.40. The minimum Gasteiger partial charge on any atom is -0.492 e. The number of nitrogens with zero attached hydrogens (tertiary/aromatic N) is 2. The molecule has 1 aliphatic heterocycles. The number of carbonyl (C=O) groups is 2. The van der Waals surface area contributed by atoms with Crippen LogP contribution in [0, 0.1) is 5.92 Å². The first kappa shape index (κ1) is 32.1. The van der Waals surface area contributed by atoms with Crippen LogP contribution in [0.2, 0.25) is 5.02 Å². The Kier molecular flexibility index (Phi) is 9.22. The van der Waals surface area contributed by atoms with E-state index in [1.807, 2.05) is 19.1 Å². The summed E-state index contributed by atoms with van der Waals surface area (Å²) in [5.74, 6) is -1.79. The fourth-order valence-electron chi connectivity index (χ4n) is 5.80. The highest BCUT2D eigenvalue weighted by atomic mass is 35.5. The summed E-state index contributed by atoms with van der Waals surface area (Å²) in [7, 11) is -3.80. The molecular formula is C33H35ClN4O6S. The second-order valence-electron chi connectivity index (χ2n) is 11.2. The van der Waals surface area contributed by atoms with E-state index in [-0.39, 0.29) is 23.4 Å². The zero-order valence-electron chi connectivity index (χ0n) is 25.1. The molecule has 3 atom stereocenters. The molecule has 0 radical (unpaired) electrons. The Balaban J connectivity index is 1.63. The molecule has 10 nitrogen and oxygen atoms in total. The number of nitrogens with one attached hydrogen (secondary N) is 1. The number of pyridine rings is 1. The Bertz CT molecular complexity index is 1870. The van der Waals surface area contributed by atoms with Crippen molar-refractivity contribution in [1.29, 1.82) is 0 Å². The molecule has 1 amide bonds. The third kappa shape index (κ3) is 6.27. The number of sulfone groups is 1. The van der Waals surface area contributed by atoms with Gasteiger partial charge in [-0.25, -0.2) is 13.4 Å². The average Bonchev–Trinajstić information content (AvgIpc) is 3.46. The topological polar surface area (TPSA) is 152 Å². The van der Waals surface area contributed by atoms with Gasteiger partial charge < -0.3 is 25.8 Å². The number of halogens is 1. The van der Waals surface area contributed by atoms with E-state index >= 15 is 0 Å². The maximum atomic E-state index is 14.7. The highest BCUT2D eigenvalue weighted by Crippen LogP contribution is 2.43. The highest BCUT2D eigenvalue weighted by Gasteiger charge is 2.46. The zero-order valence-corrected chi connectivity index (χ0v) is 26.7. The van der Waals surface area contributed by atoms with Gasteiger partial charge in [0, 0.05) is 23.8 Å². The molecule has 4 aromatic rings. The number of fused-ring (bicyclic) bond motifs is 1. The van der Waals surface area contributed by atoms with Crippen molar-refractivity contribution in [3.05, 3.63) is 89.1 Å². The zero-order chi connectivity index (χ0) is 32.5. The maximum absolute atomic E-state index is 14.7. The number of nitrogen functional groups attached to an aromatic ring is 1. The van der Waals surface area contributed by atoms with Crippen LogP contribution in [0.5, 0.6) is 5.75 Å². The van der Waals surface area contributed by atoms with Gasteiger partial charge >= 0.3 is 5.97 Å². The Hall–Kier alpha value is -4.35. The number of likely N-dealkylation sites (tertiary alicyclic amines) is 1. The van der Waals surface area contributed by atoms with E-state index in [4.69, 9.17) is 22.1 Å². The number of nitrogens with two attached hydrogens (primary N) is 1. The van der Waals surface area contributed by atoms with Gasteiger partial charge in [-0.1, -0.05) is 35.9 Å². The largest absolute Gasteiger partial charge is 0.492 e. The number of benzene rings is 3. The molecule has 1 saturated heterocycles. The Morgan fingerprint density at radius 1 is 1.13 bits per heavy atom. The van der Waals surface area contributed by atoms with Crippen molar-refractivity contribution in [3.63, 3.8) is 0 Å². The summed E-state index contributed by atoms with van der Waals surface area (Å²) < 4.78 is 32.6. The second kappa shape index (κ2) is 12.9. The number of aliphatic carboxylic acids is 1. The van der Waals surface area contributed by atoms with E-state index < -0.39 is 45.0 Å². The summed E-state index contributed by atoms with van der Waals surface area (Å²) in [6.07, 6.45) is 1.75. The second-order valence-corrected chi connectivity index (χ2v) is 14.1. The van der Waals surface area contributed by atoms with Gasteiger partial charge in [-0.3, -0.25) is 9.59 Å². The number of carbonyl (C=O) groups excluding carboxylic acids is 1. The number of aromatic nitrogens is 1. The molecule has 4 N–H and O–H groups in total. The molecule has 0 aliphatic carbocycles. The van der Waals surface area contributed by atoms with Crippen LogP contribution in [0.25, 0.3) is 10.8 Å². The van der Waals surface area contributed by atoms with Crippen LogP contribution in [-0.4, -0.2) is 53.7 Å². The van der Waals surface area contributed by atoms with E-state index in [1.165, 1.54) is 11.0 Å². The molecule has 0 saturated carbocycles. The molecule has 0 spiro atoms. The monoisotopic (exact) mass is 650 g/mol. The van der Waals surface area contributed by atoms with Crippen LogP contribution in [0.4, 0.5) is 11.5 Å². The number of ether oxygens (including phenoxy) is 1. The Morgan fingerprint density at radius 2 is 1.89 bits per heavy atom. The fraction of sp³-hybridized carbons (Fsp3) is 0.303. The molecule has 1 fully saturated rings. The number of hydrogen-bond donors (Lipinski definition) is 3. The van der Waals surface area contributed by atoms with Crippen LogP contribution < -0.4 is 15.8 Å². The first-order valence-electron chi connectivity index (χ1n) is 14.6. The molecular weight excluding hydrogens is 616 g/mol. The molecule has 12 heteroatoms. The molecule has 236 valence electrons. The van der Waals surface area contributed by atoms with Gasteiger partial charge in [0.25, 0.3) is 0 Å². The lowest BCUT2D eigenvalue weighted by atomic mass is 9.93. The predicted octanol–water partition coefficient (Wildman–Crippen LogP) is 5.88. The third-order valence-electron chi connectivity index (χ3n) is 8.10. The van der Waals surface area contributed by atoms with Crippen LogP contribution in [0.15, 0.2) is 77.8 Å². The van der Waals surface area contributed by atoms with Gasteiger partial charge in [0.1, 0.15) is 17.6 Å². The van der Waals surface area contributed by atoms with Gasteiger partial charge in [-0.15, -0.1) is 0 Å². The highest BCUT2D eigenvalue weighted by molar-refractivity contribution is 7.92. The molecule has 1 aliphatic rings. The number of amides is 1. The van der Waals surface area contributed by atoms with Crippen molar-refractivity contribution >= 4 is 55.6 Å². The van der Waals surface area contributed by atoms with Crippen LogP contribution >= 0.6 is 11.6 Å². The number of anilines is 2. The lowest BCUT2D eigenvalue weighted by molar-refractivity contribution is -0.143. The Labute approximate surface area is 267 Å². The fourth-order valence-corrected chi connectivity index (χ4v) is 7.26. The van der Waals surface area contributed by atoms with Crippen LogP contribution in [0.3, 0.4) is 0 Å². The van der Waals surface area contributed by atoms with Crippen LogP contribution in [0.1, 0.15) is 50.4 Å². The summed E-state index contributed by atoms with van der Waals surface area (Å²) in [5.41, 5.74) is 7.46. The van der Waals surface area contributed by atoms with E-state index in [1.54, 1.807) is 68.6 Å². The van der Waals surface area contributed by atoms with E-state index in [9.17, 15) is 23.1 Å². The molecule has 45 heavy (non-hydrogen) atoms.